The lowest BCUT2D eigenvalue weighted by atomic mass is 9.80. The molecular weight excluding hydrogens is 665 g/mol. The van der Waals surface area contributed by atoms with Crippen LogP contribution in [0, 0.1) is 0 Å². The maximum absolute atomic E-state index is 2.47. The first-order valence-corrected chi connectivity index (χ1v) is 19.3. The van der Waals surface area contributed by atoms with Crippen molar-refractivity contribution in [2.45, 2.75) is 19.3 Å². The Morgan fingerprint density at radius 1 is 0.345 bits per heavy atom. The van der Waals surface area contributed by atoms with Gasteiger partial charge in [0.15, 0.2) is 0 Å². The van der Waals surface area contributed by atoms with E-state index in [-0.39, 0.29) is 5.41 Å². The molecule has 55 heavy (non-hydrogen) atoms. The molecule has 2 heteroatoms. The predicted molar refractivity (Wildman–Crippen MR) is 235 cm³/mol. The molecule has 0 unspecified atom stereocenters. The molecule has 0 amide bonds. The van der Waals surface area contributed by atoms with E-state index in [0.717, 1.165) is 0 Å². The highest BCUT2D eigenvalue weighted by Gasteiger charge is 2.37. The standard InChI is InChI=1S/C53H40N2/c1-53(2)44-23-10-9-20-41(44)52-42(22-14-24-45(52)53)51-39-19-8-7-18-38(39)50(35-28-30-48-49(32-35)55(4)47-26-12-11-25-46(47)54(48)3)40-29-27-34(31-43(40)51)37-21-13-16-33-15-5-6-17-36(33)37/h5-32H,1-4H3. The van der Waals surface area contributed by atoms with Crippen LogP contribution in [0.15, 0.2) is 170 Å². The van der Waals surface area contributed by atoms with Crippen molar-refractivity contribution < 1.29 is 0 Å². The van der Waals surface area contributed by atoms with E-state index < -0.39 is 0 Å². The zero-order chi connectivity index (χ0) is 37.0. The lowest BCUT2D eigenvalue weighted by Gasteiger charge is -2.36. The first-order valence-electron chi connectivity index (χ1n) is 19.3. The monoisotopic (exact) mass is 704 g/mol. The second kappa shape index (κ2) is 11.7. The molecule has 0 fully saturated rings. The van der Waals surface area contributed by atoms with Crippen molar-refractivity contribution in [3.05, 3.63) is 181 Å². The Hall–Kier alpha value is -6.64. The van der Waals surface area contributed by atoms with E-state index in [1.807, 2.05) is 0 Å². The molecule has 0 N–H and O–H groups in total. The maximum atomic E-state index is 2.47. The zero-order valence-corrected chi connectivity index (χ0v) is 31.6. The third-order valence-electron chi connectivity index (χ3n) is 12.6. The molecular formula is C53H40N2. The molecule has 0 radical (unpaired) electrons. The Balaban J connectivity index is 1.25. The Morgan fingerprint density at radius 3 is 1.71 bits per heavy atom. The summed E-state index contributed by atoms with van der Waals surface area (Å²) >= 11 is 0. The minimum Gasteiger partial charge on any atom is -0.341 e. The van der Waals surface area contributed by atoms with Gasteiger partial charge in [-0.05, 0) is 118 Å². The van der Waals surface area contributed by atoms with Crippen LogP contribution in [-0.4, -0.2) is 14.1 Å². The minimum absolute atomic E-state index is 0.0947. The molecule has 9 aromatic rings. The molecule has 0 atom stereocenters. The second-order valence-corrected chi connectivity index (χ2v) is 15.8. The lowest BCUT2D eigenvalue weighted by molar-refractivity contribution is 0.660. The average molecular weight is 705 g/mol. The average Bonchev–Trinajstić information content (AvgIpc) is 3.47. The molecule has 2 nitrogen and oxygen atoms in total. The van der Waals surface area contributed by atoms with Gasteiger partial charge in [0.25, 0.3) is 0 Å². The molecule has 0 bridgehead atoms. The normalized spacial score (nSPS) is 13.9. The maximum Gasteiger partial charge on any atom is 0.0656 e. The van der Waals surface area contributed by atoms with Crippen LogP contribution < -0.4 is 9.80 Å². The van der Waals surface area contributed by atoms with Gasteiger partial charge in [-0.25, -0.2) is 0 Å². The van der Waals surface area contributed by atoms with Gasteiger partial charge in [0.2, 0.25) is 0 Å². The molecule has 0 spiro atoms. The van der Waals surface area contributed by atoms with Crippen LogP contribution in [0.2, 0.25) is 0 Å². The smallest absolute Gasteiger partial charge is 0.0656 e. The van der Waals surface area contributed by atoms with Gasteiger partial charge in [0.1, 0.15) is 0 Å². The Labute approximate surface area is 322 Å². The predicted octanol–water partition coefficient (Wildman–Crippen LogP) is 14.3. The van der Waals surface area contributed by atoms with E-state index >= 15 is 0 Å². The number of fused-ring (bicyclic) bond motifs is 8. The van der Waals surface area contributed by atoms with Gasteiger partial charge < -0.3 is 9.80 Å². The number of anilines is 4. The molecule has 262 valence electrons. The molecule has 11 rings (SSSR count). The van der Waals surface area contributed by atoms with Crippen LogP contribution in [0.1, 0.15) is 25.0 Å². The third-order valence-corrected chi connectivity index (χ3v) is 12.6. The fourth-order valence-corrected chi connectivity index (χ4v) is 9.91. The van der Waals surface area contributed by atoms with E-state index in [1.54, 1.807) is 0 Å². The first kappa shape index (κ1) is 31.8. The summed E-state index contributed by atoms with van der Waals surface area (Å²) in [4.78, 5) is 4.66. The van der Waals surface area contributed by atoms with Crippen LogP contribution >= 0.6 is 0 Å². The second-order valence-electron chi connectivity index (χ2n) is 15.8. The van der Waals surface area contributed by atoms with Gasteiger partial charge in [0.05, 0.1) is 22.7 Å². The van der Waals surface area contributed by atoms with Crippen molar-refractivity contribution in [3.63, 3.8) is 0 Å². The van der Waals surface area contributed by atoms with Crippen LogP contribution in [-0.2, 0) is 5.41 Å². The van der Waals surface area contributed by atoms with Crippen molar-refractivity contribution in [1.82, 2.24) is 0 Å². The largest absolute Gasteiger partial charge is 0.341 e. The summed E-state index contributed by atoms with van der Waals surface area (Å²) < 4.78 is 0. The summed E-state index contributed by atoms with van der Waals surface area (Å²) in [6.45, 7) is 4.75. The van der Waals surface area contributed by atoms with Crippen LogP contribution in [0.4, 0.5) is 22.7 Å². The zero-order valence-electron chi connectivity index (χ0n) is 31.6. The minimum atomic E-state index is -0.0947. The molecule has 0 saturated carbocycles. The molecule has 2 aliphatic rings. The molecule has 0 aromatic heterocycles. The topological polar surface area (TPSA) is 6.48 Å². The van der Waals surface area contributed by atoms with Crippen molar-refractivity contribution in [2.24, 2.45) is 0 Å². The Kier molecular flexibility index (Phi) is 6.76. The fourth-order valence-electron chi connectivity index (χ4n) is 9.91. The van der Waals surface area contributed by atoms with Crippen LogP contribution in [0.25, 0.3) is 76.8 Å². The highest BCUT2D eigenvalue weighted by molar-refractivity contribution is 6.24. The molecule has 1 aliphatic carbocycles. The van der Waals surface area contributed by atoms with Gasteiger partial charge in [-0.1, -0.05) is 153 Å². The van der Waals surface area contributed by atoms with Crippen molar-refractivity contribution in [2.75, 3.05) is 23.9 Å². The van der Waals surface area contributed by atoms with Crippen molar-refractivity contribution >= 4 is 55.1 Å². The van der Waals surface area contributed by atoms with E-state index in [2.05, 4.69) is 208 Å². The Bertz CT molecular complexity index is 3050. The highest BCUT2D eigenvalue weighted by Crippen LogP contribution is 2.55. The molecule has 1 heterocycles. The van der Waals surface area contributed by atoms with E-state index in [9.17, 15) is 0 Å². The number of para-hydroxylation sites is 2. The molecule has 0 saturated heterocycles. The van der Waals surface area contributed by atoms with Crippen LogP contribution in [0.5, 0.6) is 0 Å². The van der Waals surface area contributed by atoms with Crippen molar-refractivity contribution in [1.29, 1.82) is 0 Å². The fraction of sp³-hybridized carbons (Fsp3) is 0.0943. The molecule has 9 aromatic carbocycles. The van der Waals surface area contributed by atoms with Gasteiger partial charge in [-0.2, -0.15) is 0 Å². The number of benzene rings is 9. The summed E-state index contributed by atoms with van der Waals surface area (Å²) in [5.41, 5.74) is 17.8. The van der Waals surface area contributed by atoms with Gasteiger partial charge in [-0.15, -0.1) is 0 Å². The lowest BCUT2D eigenvalue weighted by Crippen LogP contribution is -2.24. The number of nitrogens with zero attached hydrogens (tertiary/aromatic N) is 2. The quantitative estimate of drug-likeness (QED) is 0.169. The highest BCUT2D eigenvalue weighted by atomic mass is 15.2. The summed E-state index contributed by atoms with van der Waals surface area (Å²) in [5, 5.41) is 7.58. The first-order chi connectivity index (χ1) is 26.9. The third kappa shape index (κ3) is 4.49. The summed E-state index contributed by atoms with van der Waals surface area (Å²) in [6, 6.07) is 63.5. The van der Waals surface area contributed by atoms with E-state index in [0.29, 0.717) is 0 Å². The van der Waals surface area contributed by atoms with E-state index in [4.69, 9.17) is 0 Å². The Morgan fingerprint density at radius 2 is 0.891 bits per heavy atom. The summed E-state index contributed by atoms with van der Waals surface area (Å²) in [5.74, 6) is 0. The SMILES string of the molecule is CN1c2ccccc2N(C)c2cc(-c3c4ccccc4c(-c4cccc5c4-c4ccccc4C5(C)C)c4cc(-c5cccc6ccccc56)ccc34)ccc21. The van der Waals surface area contributed by atoms with Crippen molar-refractivity contribution in [3.8, 4) is 44.5 Å². The molecule has 1 aliphatic heterocycles. The van der Waals surface area contributed by atoms with E-state index in [1.165, 1.54) is 111 Å². The summed E-state index contributed by atoms with van der Waals surface area (Å²) in [7, 11) is 4.37. The van der Waals surface area contributed by atoms with Gasteiger partial charge in [-0.3, -0.25) is 0 Å². The van der Waals surface area contributed by atoms with Crippen LogP contribution in [0.3, 0.4) is 0 Å². The van der Waals surface area contributed by atoms with Gasteiger partial charge >= 0.3 is 0 Å². The number of rotatable bonds is 3. The number of hydrogen-bond donors (Lipinski definition) is 0. The van der Waals surface area contributed by atoms with Gasteiger partial charge in [0, 0.05) is 19.5 Å². The summed E-state index contributed by atoms with van der Waals surface area (Å²) in [6.07, 6.45) is 0. The number of hydrogen-bond acceptors (Lipinski definition) is 2.